The highest BCUT2D eigenvalue weighted by atomic mass is 16.2. The highest BCUT2D eigenvalue weighted by Gasteiger charge is 2.18. The number of hydrazine groups is 1. The fourth-order valence-corrected chi connectivity index (χ4v) is 2.46. The summed E-state index contributed by atoms with van der Waals surface area (Å²) in [5.74, 6) is 0.175. The van der Waals surface area contributed by atoms with Gasteiger partial charge >= 0.3 is 0 Å². The van der Waals surface area contributed by atoms with Crippen molar-refractivity contribution >= 4 is 22.5 Å². The highest BCUT2D eigenvalue weighted by molar-refractivity contribution is 5.99. The van der Waals surface area contributed by atoms with Crippen LogP contribution in [0.5, 0.6) is 0 Å². The van der Waals surface area contributed by atoms with Crippen LogP contribution in [0.4, 0.5) is 5.82 Å². The lowest BCUT2D eigenvalue weighted by Gasteiger charge is -2.32. The number of carbonyl (C=O) groups is 1. The van der Waals surface area contributed by atoms with Gasteiger partial charge in [-0.2, -0.15) is 0 Å². The van der Waals surface area contributed by atoms with Crippen molar-refractivity contribution in [2.24, 2.45) is 0 Å². The second-order valence-corrected chi connectivity index (χ2v) is 5.35. The molecule has 0 bridgehead atoms. The number of hydrogen-bond donors (Lipinski definition) is 2. The number of hydrogen-bond acceptors (Lipinski definition) is 5. The van der Waals surface area contributed by atoms with Crippen LogP contribution in [0.2, 0.25) is 0 Å². The van der Waals surface area contributed by atoms with Crippen LogP contribution in [-0.4, -0.2) is 54.0 Å². The number of carbonyl (C=O) groups excluding carboxylic acids is 1. The summed E-state index contributed by atoms with van der Waals surface area (Å²) < 4.78 is 0. The molecule has 0 aliphatic carbocycles. The van der Waals surface area contributed by atoms with Gasteiger partial charge in [-0.3, -0.25) is 10.2 Å². The second kappa shape index (κ2) is 5.67. The molecule has 6 heteroatoms. The number of nitrogens with two attached hydrogens (primary N) is 1. The number of likely N-dealkylation sites (N-methyl/N-ethyl adjacent to an activating group) is 1. The number of rotatable bonds is 2. The molecule has 1 aromatic carbocycles. The van der Waals surface area contributed by atoms with Crippen molar-refractivity contribution in [2.45, 2.75) is 0 Å². The molecule has 0 saturated carbocycles. The lowest BCUT2D eigenvalue weighted by molar-refractivity contribution is 0.0658. The third kappa shape index (κ3) is 2.96. The Morgan fingerprint density at radius 2 is 1.95 bits per heavy atom. The van der Waals surface area contributed by atoms with E-state index < -0.39 is 0 Å². The molecule has 2 heterocycles. The van der Waals surface area contributed by atoms with Crippen LogP contribution in [0.25, 0.3) is 10.8 Å². The molecule has 2 aromatic rings. The molecule has 0 spiro atoms. The zero-order valence-electron chi connectivity index (χ0n) is 12.0. The number of anilines is 1. The Hall–Kier alpha value is -2.18. The minimum atomic E-state index is -0.211. The van der Waals surface area contributed by atoms with E-state index in [-0.39, 0.29) is 5.91 Å². The van der Waals surface area contributed by atoms with Gasteiger partial charge in [-0.05, 0) is 18.5 Å². The predicted octanol–water partition coefficient (Wildman–Crippen LogP) is 0.709. The maximum atomic E-state index is 12.3. The third-order valence-electron chi connectivity index (χ3n) is 3.77. The molecule has 1 aliphatic rings. The van der Waals surface area contributed by atoms with Gasteiger partial charge in [0.05, 0.1) is 0 Å². The fourth-order valence-electron chi connectivity index (χ4n) is 2.46. The monoisotopic (exact) mass is 285 g/mol. The van der Waals surface area contributed by atoms with E-state index >= 15 is 0 Å². The van der Waals surface area contributed by atoms with E-state index in [1.807, 2.05) is 29.3 Å². The maximum absolute atomic E-state index is 12.3. The molecule has 1 aromatic heterocycles. The lowest BCUT2D eigenvalue weighted by Crippen LogP contribution is -2.52. The van der Waals surface area contributed by atoms with E-state index in [4.69, 9.17) is 5.73 Å². The molecule has 1 saturated heterocycles. The van der Waals surface area contributed by atoms with Gasteiger partial charge in [0.25, 0.3) is 5.91 Å². The molecular weight excluding hydrogens is 266 g/mol. The molecule has 1 amide bonds. The maximum Gasteiger partial charge on any atom is 0.284 e. The summed E-state index contributed by atoms with van der Waals surface area (Å²) in [5.41, 5.74) is 9.18. The summed E-state index contributed by atoms with van der Waals surface area (Å²) >= 11 is 0. The average Bonchev–Trinajstić information content (AvgIpc) is 2.49. The smallest absolute Gasteiger partial charge is 0.284 e. The molecule has 1 fully saturated rings. The first-order valence-electron chi connectivity index (χ1n) is 7.03. The van der Waals surface area contributed by atoms with Crippen LogP contribution in [0.3, 0.4) is 0 Å². The highest BCUT2D eigenvalue weighted by Crippen LogP contribution is 2.19. The molecule has 0 atom stereocenters. The Morgan fingerprint density at radius 1 is 1.24 bits per heavy atom. The zero-order chi connectivity index (χ0) is 14.8. The summed E-state index contributed by atoms with van der Waals surface area (Å²) in [7, 11) is 2.07. The normalized spacial score (nSPS) is 17.0. The Balaban J connectivity index is 1.78. The Kier molecular flexibility index (Phi) is 3.72. The molecule has 3 N–H and O–H groups in total. The molecular formula is C15H19N5O. The number of piperazine rings is 1. The minimum absolute atomic E-state index is 0.211. The third-order valence-corrected chi connectivity index (χ3v) is 3.77. The molecule has 0 unspecified atom stereocenters. The number of nitrogen functional groups attached to an aromatic ring is 1. The first-order valence-corrected chi connectivity index (χ1v) is 7.03. The van der Waals surface area contributed by atoms with Crippen LogP contribution in [0, 0.1) is 0 Å². The molecule has 1 aliphatic heterocycles. The molecule has 110 valence electrons. The van der Waals surface area contributed by atoms with Crippen molar-refractivity contribution in [1.82, 2.24) is 20.3 Å². The summed E-state index contributed by atoms with van der Waals surface area (Å²) in [6.07, 6.45) is 0. The number of aromatic nitrogens is 1. The second-order valence-electron chi connectivity index (χ2n) is 5.35. The number of nitrogens with one attached hydrogen (secondary N) is 1. The fraction of sp³-hybridized carbons (Fsp3) is 0.333. The van der Waals surface area contributed by atoms with E-state index in [9.17, 15) is 4.79 Å². The van der Waals surface area contributed by atoms with Gasteiger partial charge in [-0.1, -0.05) is 24.3 Å². The van der Waals surface area contributed by atoms with Crippen LogP contribution >= 0.6 is 0 Å². The van der Waals surface area contributed by atoms with Crippen molar-refractivity contribution in [3.8, 4) is 0 Å². The SMILES string of the molecule is CN1CCN(NC(=O)c2cc3ccccc3c(N)n2)CC1. The Morgan fingerprint density at radius 3 is 2.71 bits per heavy atom. The van der Waals surface area contributed by atoms with Gasteiger partial charge in [0.1, 0.15) is 11.5 Å². The van der Waals surface area contributed by atoms with E-state index in [2.05, 4.69) is 22.4 Å². The van der Waals surface area contributed by atoms with Crippen molar-refractivity contribution < 1.29 is 4.79 Å². The Labute approximate surface area is 123 Å². The molecule has 21 heavy (non-hydrogen) atoms. The molecule has 0 radical (unpaired) electrons. The van der Waals surface area contributed by atoms with Crippen LogP contribution in [0.1, 0.15) is 10.5 Å². The first kappa shape index (κ1) is 13.8. The van der Waals surface area contributed by atoms with Crippen molar-refractivity contribution in [2.75, 3.05) is 39.0 Å². The van der Waals surface area contributed by atoms with Crippen LogP contribution in [0.15, 0.2) is 30.3 Å². The Bertz CT molecular complexity index is 664. The van der Waals surface area contributed by atoms with Gasteiger partial charge in [0, 0.05) is 31.6 Å². The summed E-state index contributed by atoms with van der Waals surface area (Å²) in [6, 6.07) is 9.44. The van der Waals surface area contributed by atoms with Crippen molar-refractivity contribution in [1.29, 1.82) is 0 Å². The number of fused-ring (bicyclic) bond motifs is 1. The summed E-state index contributed by atoms with van der Waals surface area (Å²) in [5, 5.41) is 3.72. The van der Waals surface area contributed by atoms with Crippen LogP contribution < -0.4 is 11.2 Å². The van der Waals surface area contributed by atoms with Gasteiger partial charge in [0.2, 0.25) is 0 Å². The molecule has 3 rings (SSSR count). The number of benzene rings is 1. The first-order chi connectivity index (χ1) is 10.1. The molecule has 6 nitrogen and oxygen atoms in total. The van der Waals surface area contributed by atoms with Crippen molar-refractivity contribution in [3.63, 3.8) is 0 Å². The van der Waals surface area contributed by atoms with E-state index in [1.54, 1.807) is 6.07 Å². The van der Waals surface area contributed by atoms with Gasteiger partial charge in [-0.15, -0.1) is 0 Å². The number of nitrogens with zero attached hydrogens (tertiary/aromatic N) is 3. The largest absolute Gasteiger partial charge is 0.383 e. The van der Waals surface area contributed by atoms with Crippen molar-refractivity contribution in [3.05, 3.63) is 36.0 Å². The quantitative estimate of drug-likeness (QED) is 0.850. The number of amides is 1. The predicted molar refractivity (Wildman–Crippen MR) is 82.7 cm³/mol. The number of pyridine rings is 1. The summed E-state index contributed by atoms with van der Waals surface area (Å²) in [4.78, 5) is 18.7. The average molecular weight is 285 g/mol. The minimum Gasteiger partial charge on any atom is -0.383 e. The van der Waals surface area contributed by atoms with E-state index in [0.29, 0.717) is 11.5 Å². The summed E-state index contributed by atoms with van der Waals surface area (Å²) in [6.45, 7) is 3.50. The van der Waals surface area contributed by atoms with Crippen LogP contribution in [-0.2, 0) is 0 Å². The standard InChI is InChI=1S/C15H19N5O/c1-19-6-8-20(9-7-19)18-15(21)13-10-11-4-2-3-5-12(11)14(16)17-13/h2-5,10H,6-9H2,1H3,(H2,16,17)(H,18,21). The van der Waals surface area contributed by atoms with Gasteiger partial charge in [0.15, 0.2) is 0 Å². The van der Waals surface area contributed by atoms with Gasteiger partial charge < -0.3 is 10.6 Å². The zero-order valence-corrected chi connectivity index (χ0v) is 12.0. The lowest BCUT2D eigenvalue weighted by atomic mass is 10.1. The topological polar surface area (TPSA) is 74.5 Å². The van der Waals surface area contributed by atoms with E-state index in [1.165, 1.54) is 0 Å². The van der Waals surface area contributed by atoms with Gasteiger partial charge in [-0.25, -0.2) is 9.99 Å². The van der Waals surface area contributed by atoms with E-state index in [0.717, 1.165) is 37.0 Å².